The second-order valence-corrected chi connectivity index (χ2v) is 5.94. The molecule has 3 aliphatic carbocycles. The summed E-state index contributed by atoms with van der Waals surface area (Å²) < 4.78 is 5.00. The van der Waals surface area contributed by atoms with Gasteiger partial charge in [-0.3, -0.25) is 9.78 Å². The zero-order valence-corrected chi connectivity index (χ0v) is 12.3. The number of hydrogen-bond acceptors (Lipinski definition) is 3. The van der Waals surface area contributed by atoms with Gasteiger partial charge in [-0.05, 0) is 17.7 Å². The number of ether oxygens (including phenoxy) is 1. The first-order valence-electron chi connectivity index (χ1n) is 7.53. The molecular formula is C19H17NO2. The molecule has 2 unspecified atom stereocenters. The van der Waals surface area contributed by atoms with Crippen LogP contribution < -0.4 is 0 Å². The normalized spacial score (nSPS) is 31.6. The molecule has 3 heteroatoms. The fourth-order valence-corrected chi connectivity index (χ4v) is 4.30. The van der Waals surface area contributed by atoms with E-state index in [1.807, 2.05) is 36.5 Å². The SMILES string of the molecule is COC(=O)C1[C@H]2C=C[C@@H]1C2(c1ccccc1)c1ccccn1. The number of nitrogens with zero attached hydrogens (tertiary/aromatic N) is 1. The summed E-state index contributed by atoms with van der Waals surface area (Å²) in [7, 11) is 1.46. The largest absolute Gasteiger partial charge is 0.469 e. The van der Waals surface area contributed by atoms with Crippen molar-refractivity contribution in [1.82, 2.24) is 4.98 Å². The first-order valence-corrected chi connectivity index (χ1v) is 7.53. The molecule has 0 spiro atoms. The van der Waals surface area contributed by atoms with Crippen LogP contribution in [0.2, 0.25) is 0 Å². The lowest BCUT2D eigenvalue weighted by molar-refractivity contribution is -0.156. The minimum absolute atomic E-state index is 0.0905. The topological polar surface area (TPSA) is 39.2 Å². The first-order chi connectivity index (χ1) is 10.8. The molecule has 0 amide bonds. The average molecular weight is 291 g/mol. The first kappa shape index (κ1) is 13.3. The number of carbonyl (C=O) groups excluding carboxylic acids is 1. The predicted octanol–water partition coefficient (Wildman–Crippen LogP) is 2.97. The van der Waals surface area contributed by atoms with Crippen molar-refractivity contribution in [2.24, 2.45) is 17.8 Å². The molecule has 5 rings (SSSR count). The molecule has 1 heterocycles. The Kier molecular flexibility index (Phi) is 2.89. The quantitative estimate of drug-likeness (QED) is 0.644. The van der Waals surface area contributed by atoms with E-state index >= 15 is 0 Å². The van der Waals surface area contributed by atoms with Gasteiger partial charge in [0.15, 0.2) is 0 Å². The van der Waals surface area contributed by atoms with Crippen molar-refractivity contribution < 1.29 is 9.53 Å². The fraction of sp³-hybridized carbons (Fsp3) is 0.263. The number of esters is 1. The van der Waals surface area contributed by atoms with Crippen LogP contribution in [-0.4, -0.2) is 18.1 Å². The van der Waals surface area contributed by atoms with Crippen molar-refractivity contribution in [2.75, 3.05) is 7.11 Å². The molecule has 1 saturated carbocycles. The third-order valence-corrected chi connectivity index (χ3v) is 5.16. The molecule has 0 saturated heterocycles. The van der Waals surface area contributed by atoms with E-state index in [0.29, 0.717) is 0 Å². The molecule has 4 atom stereocenters. The number of carbonyl (C=O) groups is 1. The van der Waals surface area contributed by atoms with Crippen LogP contribution in [0.5, 0.6) is 0 Å². The Balaban J connectivity index is 1.86. The number of hydrogen-bond donors (Lipinski definition) is 0. The van der Waals surface area contributed by atoms with Crippen LogP contribution in [0.25, 0.3) is 0 Å². The monoisotopic (exact) mass is 291 g/mol. The molecule has 0 radical (unpaired) electrons. The van der Waals surface area contributed by atoms with Crippen molar-refractivity contribution in [1.29, 1.82) is 0 Å². The van der Waals surface area contributed by atoms with Gasteiger partial charge in [-0.15, -0.1) is 0 Å². The van der Waals surface area contributed by atoms with E-state index in [1.54, 1.807) is 0 Å². The van der Waals surface area contributed by atoms with Gasteiger partial charge in [-0.1, -0.05) is 48.6 Å². The lowest BCUT2D eigenvalue weighted by atomic mass is 9.47. The lowest BCUT2D eigenvalue weighted by Crippen LogP contribution is -2.59. The number of methoxy groups -OCH3 is 1. The summed E-state index contributed by atoms with van der Waals surface area (Å²) in [5, 5.41) is 0. The van der Waals surface area contributed by atoms with Crippen molar-refractivity contribution in [2.45, 2.75) is 5.41 Å². The van der Waals surface area contributed by atoms with Crippen LogP contribution in [0.15, 0.2) is 66.9 Å². The molecule has 110 valence electrons. The van der Waals surface area contributed by atoms with Crippen LogP contribution in [-0.2, 0) is 14.9 Å². The molecule has 2 aromatic rings. The highest BCUT2D eigenvalue weighted by atomic mass is 16.5. The maximum Gasteiger partial charge on any atom is 0.309 e. The van der Waals surface area contributed by atoms with Gasteiger partial charge in [-0.25, -0.2) is 0 Å². The average Bonchev–Trinajstić information content (AvgIpc) is 3.19. The maximum absolute atomic E-state index is 12.1. The molecule has 1 aromatic heterocycles. The molecule has 1 fully saturated rings. The zero-order valence-electron chi connectivity index (χ0n) is 12.3. The van der Waals surface area contributed by atoms with Crippen molar-refractivity contribution in [3.05, 3.63) is 78.1 Å². The van der Waals surface area contributed by atoms with Gasteiger partial charge in [0.2, 0.25) is 0 Å². The van der Waals surface area contributed by atoms with E-state index in [-0.39, 0.29) is 29.1 Å². The summed E-state index contributed by atoms with van der Waals surface area (Å²) in [6, 6.07) is 16.4. The molecule has 2 bridgehead atoms. The second-order valence-electron chi connectivity index (χ2n) is 5.94. The van der Waals surface area contributed by atoms with Crippen LogP contribution in [0.1, 0.15) is 11.3 Å². The van der Waals surface area contributed by atoms with Gasteiger partial charge in [-0.2, -0.15) is 0 Å². The molecule has 3 nitrogen and oxygen atoms in total. The highest BCUT2D eigenvalue weighted by molar-refractivity contribution is 5.79. The van der Waals surface area contributed by atoms with Crippen molar-refractivity contribution in [3.8, 4) is 0 Å². The molecule has 0 aliphatic heterocycles. The third-order valence-electron chi connectivity index (χ3n) is 5.16. The standard InChI is InChI=1S/C19H17NO2/c1-22-18(21)17-14-10-11-15(17)19(14,13-7-3-2-4-8-13)16-9-5-6-12-20-16/h2-12,14-15,17H,1H3/t14-,15+,17?,19?. The highest BCUT2D eigenvalue weighted by Gasteiger charge is 2.68. The van der Waals surface area contributed by atoms with Gasteiger partial charge >= 0.3 is 5.97 Å². The van der Waals surface area contributed by atoms with Crippen LogP contribution in [0.4, 0.5) is 0 Å². The van der Waals surface area contributed by atoms with E-state index < -0.39 is 0 Å². The summed E-state index contributed by atoms with van der Waals surface area (Å²) >= 11 is 0. The Morgan fingerprint density at radius 2 is 1.73 bits per heavy atom. The van der Waals surface area contributed by atoms with Gasteiger partial charge in [0, 0.05) is 18.0 Å². The van der Waals surface area contributed by atoms with E-state index in [1.165, 1.54) is 12.7 Å². The minimum Gasteiger partial charge on any atom is -0.469 e. The minimum atomic E-state index is -0.235. The van der Waals surface area contributed by atoms with Gasteiger partial charge in [0.1, 0.15) is 0 Å². The van der Waals surface area contributed by atoms with E-state index in [9.17, 15) is 4.79 Å². The molecule has 0 N–H and O–H groups in total. The zero-order chi connectivity index (χ0) is 15.2. The van der Waals surface area contributed by atoms with Crippen molar-refractivity contribution in [3.63, 3.8) is 0 Å². The molecule has 22 heavy (non-hydrogen) atoms. The number of allylic oxidation sites excluding steroid dienone is 2. The predicted molar refractivity (Wildman–Crippen MR) is 83.1 cm³/mol. The number of rotatable bonds is 3. The summed E-state index contributed by atoms with van der Waals surface area (Å²) in [6.07, 6.45) is 6.15. The Morgan fingerprint density at radius 3 is 2.32 bits per heavy atom. The summed E-state index contributed by atoms with van der Waals surface area (Å²) in [4.78, 5) is 16.7. The Morgan fingerprint density at radius 1 is 1.05 bits per heavy atom. The third kappa shape index (κ3) is 1.51. The number of pyridine rings is 1. The van der Waals surface area contributed by atoms with Crippen LogP contribution in [0, 0.1) is 17.8 Å². The molecule has 3 aliphatic rings. The molecule has 1 aromatic carbocycles. The second kappa shape index (κ2) is 4.80. The Hall–Kier alpha value is -2.42. The van der Waals surface area contributed by atoms with Gasteiger partial charge < -0.3 is 4.74 Å². The number of benzene rings is 1. The molecular weight excluding hydrogens is 274 g/mol. The summed E-state index contributed by atoms with van der Waals surface area (Å²) in [5.74, 6) is 0.0131. The summed E-state index contributed by atoms with van der Waals surface area (Å²) in [6.45, 7) is 0. The van der Waals surface area contributed by atoms with E-state index in [0.717, 1.165) is 5.69 Å². The number of aromatic nitrogens is 1. The van der Waals surface area contributed by atoms with E-state index in [4.69, 9.17) is 4.74 Å². The van der Waals surface area contributed by atoms with Crippen LogP contribution >= 0.6 is 0 Å². The van der Waals surface area contributed by atoms with Crippen LogP contribution in [0.3, 0.4) is 0 Å². The Bertz CT molecular complexity index is 668. The smallest absolute Gasteiger partial charge is 0.309 e. The van der Waals surface area contributed by atoms with Gasteiger partial charge in [0.05, 0.1) is 24.1 Å². The maximum atomic E-state index is 12.1. The lowest BCUT2D eigenvalue weighted by Gasteiger charge is -2.54. The Labute approximate surface area is 129 Å². The fourth-order valence-electron chi connectivity index (χ4n) is 4.30. The van der Waals surface area contributed by atoms with E-state index in [2.05, 4.69) is 35.3 Å². The van der Waals surface area contributed by atoms with Crippen molar-refractivity contribution >= 4 is 5.97 Å². The highest BCUT2D eigenvalue weighted by Crippen LogP contribution is 2.65. The van der Waals surface area contributed by atoms with Gasteiger partial charge in [0.25, 0.3) is 0 Å². The summed E-state index contributed by atoms with van der Waals surface area (Å²) in [5.41, 5.74) is 2.01.